The molecular weight excluding hydrogens is 400 g/mol. The SMILES string of the molecule is N/C(=N/O)c1ccccc1-c1ccc(CNc2c(COC=O)cccc2[N+](=O)[O-])cc1. The molecule has 3 aromatic carbocycles. The standard InChI is InChI=1S/C22H20N4O5/c23-22(25-28)19-6-2-1-5-18(19)16-10-8-15(9-11-16)12-24-21-17(13-31-14-27)4-3-7-20(21)26(29)30/h1-11,14,24,28H,12-13H2,(H2,23,25). The first-order valence-electron chi connectivity index (χ1n) is 9.26. The number of nitro benzene ring substituents is 1. The third kappa shape index (κ3) is 4.96. The zero-order chi connectivity index (χ0) is 22.2. The predicted molar refractivity (Wildman–Crippen MR) is 116 cm³/mol. The van der Waals surface area contributed by atoms with Gasteiger partial charge in [0.1, 0.15) is 12.3 Å². The van der Waals surface area contributed by atoms with Crippen molar-refractivity contribution in [2.24, 2.45) is 10.9 Å². The topological polar surface area (TPSA) is 140 Å². The van der Waals surface area contributed by atoms with Gasteiger partial charge in [0, 0.05) is 23.7 Å². The molecule has 4 N–H and O–H groups in total. The number of nitro groups is 1. The Morgan fingerprint density at radius 2 is 1.87 bits per heavy atom. The number of hydrogen-bond donors (Lipinski definition) is 3. The molecule has 9 heteroatoms. The third-order valence-electron chi connectivity index (χ3n) is 4.68. The van der Waals surface area contributed by atoms with Crippen LogP contribution >= 0.6 is 0 Å². The lowest BCUT2D eigenvalue weighted by Gasteiger charge is -2.13. The Balaban J connectivity index is 1.82. The van der Waals surface area contributed by atoms with Gasteiger partial charge in [0.05, 0.1) is 4.92 Å². The number of oxime groups is 1. The molecule has 0 saturated heterocycles. The van der Waals surface area contributed by atoms with Gasteiger partial charge < -0.3 is 21.0 Å². The van der Waals surface area contributed by atoms with Gasteiger partial charge in [-0.3, -0.25) is 14.9 Å². The van der Waals surface area contributed by atoms with E-state index in [-0.39, 0.29) is 18.1 Å². The van der Waals surface area contributed by atoms with E-state index in [4.69, 9.17) is 15.7 Å². The Bertz CT molecular complexity index is 1110. The van der Waals surface area contributed by atoms with E-state index >= 15 is 0 Å². The summed E-state index contributed by atoms with van der Waals surface area (Å²) in [6.07, 6.45) is 0. The van der Waals surface area contributed by atoms with Gasteiger partial charge in [0.25, 0.3) is 12.2 Å². The highest BCUT2D eigenvalue weighted by Gasteiger charge is 2.17. The summed E-state index contributed by atoms with van der Waals surface area (Å²) in [6, 6.07) is 19.4. The van der Waals surface area contributed by atoms with Crippen molar-refractivity contribution < 1.29 is 19.7 Å². The second-order valence-corrected chi connectivity index (χ2v) is 6.56. The minimum absolute atomic E-state index is 0.0165. The van der Waals surface area contributed by atoms with Crippen molar-refractivity contribution >= 4 is 23.7 Å². The van der Waals surface area contributed by atoms with E-state index in [9.17, 15) is 14.9 Å². The second kappa shape index (κ2) is 9.88. The van der Waals surface area contributed by atoms with E-state index < -0.39 is 4.92 Å². The van der Waals surface area contributed by atoms with Crippen molar-refractivity contribution in [2.75, 3.05) is 5.32 Å². The molecule has 0 aromatic heterocycles. The smallest absolute Gasteiger partial charge is 0.293 e. The van der Waals surface area contributed by atoms with Crippen LogP contribution in [0.4, 0.5) is 11.4 Å². The number of hydrogen-bond acceptors (Lipinski definition) is 7. The van der Waals surface area contributed by atoms with Gasteiger partial charge >= 0.3 is 0 Å². The van der Waals surface area contributed by atoms with Gasteiger partial charge in [-0.2, -0.15) is 0 Å². The molecule has 0 spiro atoms. The molecule has 9 nitrogen and oxygen atoms in total. The van der Waals surface area contributed by atoms with Crippen LogP contribution in [0, 0.1) is 10.1 Å². The second-order valence-electron chi connectivity index (χ2n) is 6.56. The Labute approximate surface area is 177 Å². The van der Waals surface area contributed by atoms with Crippen molar-refractivity contribution in [3.05, 3.63) is 93.5 Å². The van der Waals surface area contributed by atoms with Gasteiger partial charge in [-0.15, -0.1) is 0 Å². The van der Waals surface area contributed by atoms with E-state index in [2.05, 4.69) is 10.5 Å². The molecule has 0 amide bonds. The van der Waals surface area contributed by atoms with Gasteiger partial charge in [0.2, 0.25) is 0 Å². The van der Waals surface area contributed by atoms with Crippen molar-refractivity contribution in [2.45, 2.75) is 13.2 Å². The molecule has 0 aliphatic heterocycles. The first-order chi connectivity index (χ1) is 15.0. The van der Waals surface area contributed by atoms with Crippen LogP contribution in [0.5, 0.6) is 0 Å². The summed E-state index contributed by atoms with van der Waals surface area (Å²) in [7, 11) is 0. The van der Waals surface area contributed by atoms with Crippen LogP contribution in [0.3, 0.4) is 0 Å². The van der Waals surface area contributed by atoms with E-state index in [1.165, 1.54) is 6.07 Å². The number of nitrogens with two attached hydrogens (primary N) is 1. The first kappa shape index (κ1) is 21.3. The summed E-state index contributed by atoms with van der Waals surface area (Å²) in [5.41, 5.74) is 9.64. The zero-order valence-electron chi connectivity index (χ0n) is 16.4. The van der Waals surface area contributed by atoms with E-state index in [0.717, 1.165) is 16.7 Å². The lowest BCUT2D eigenvalue weighted by atomic mass is 9.98. The largest absolute Gasteiger partial charge is 0.463 e. The molecule has 0 aliphatic carbocycles. The number of amidine groups is 1. The van der Waals surface area contributed by atoms with Gasteiger partial charge in [-0.25, -0.2) is 0 Å². The summed E-state index contributed by atoms with van der Waals surface area (Å²) in [5, 5.41) is 26.5. The zero-order valence-corrected chi connectivity index (χ0v) is 16.4. The fourth-order valence-corrected chi connectivity index (χ4v) is 3.19. The molecule has 0 aliphatic rings. The number of nitrogens with zero attached hydrogens (tertiary/aromatic N) is 2. The lowest BCUT2D eigenvalue weighted by molar-refractivity contribution is -0.384. The van der Waals surface area contributed by atoms with Crippen LogP contribution in [0.25, 0.3) is 11.1 Å². The fourth-order valence-electron chi connectivity index (χ4n) is 3.19. The summed E-state index contributed by atoms with van der Waals surface area (Å²) in [6.45, 7) is 0.547. The van der Waals surface area contributed by atoms with Crippen molar-refractivity contribution in [1.29, 1.82) is 0 Å². The fraction of sp³-hybridized carbons (Fsp3) is 0.0909. The normalized spacial score (nSPS) is 11.0. The van der Waals surface area contributed by atoms with Gasteiger partial charge in [-0.05, 0) is 16.7 Å². The molecule has 31 heavy (non-hydrogen) atoms. The Kier molecular flexibility index (Phi) is 6.79. The molecule has 3 rings (SSSR count). The molecule has 0 radical (unpaired) electrons. The quantitative estimate of drug-likeness (QED) is 0.120. The number of rotatable bonds is 9. The van der Waals surface area contributed by atoms with E-state index in [1.54, 1.807) is 24.3 Å². The monoisotopic (exact) mass is 420 g/mol. The van der Waals surface area contributed by atoms with Crippen LogP contribution in [0.2, 0.25) is 0 Å². The van der Waals surface area contributed by atoms with Gasteiger partial charge in [-0.1, -0.05) is 65.8 Å². The highest BCUT2D eigenvalue weighted by molar-refractivity contribution is 6.03. The molecule has 0 heterocycles. The maximum Gasteiger partial charge on any atom is 0.293 e. The lowest BCUT2D eigenvalue weighted by Crippen LogP contribution is -2.14. The van der Waals surface area contributed by atoms with Crippen molar-refractivity contribution in [3.63, 3.8) is 0 Å². The van der Waals surface area contributed by atoms with Crippen molar-refractivity contribution in [1.82, 2.24) is 0 Å². The molecule has 3 aromatic rings. The molecule has 158 valence electrons. The number of nitrogens with one attached hydrogen (secondary N) is 1. The summed E-state index contributed by atoms with van der Waals surface area (Å²) < 4.78 is 4.77. The minimum atomic E-state index is -0.486. The Morgan fingerprint density at radius 1 is 1.13 bits per heavy atom. The summed E-state index contributed by atoms with van der Waals surface area (Å²) in [4.78, 5) is 21.4. The number of ether oxygens (including phenoxy) is 1. The number of para-hydroxylation sites is 1. The van der Waals surface area contributed by atoms with E-state index in [1.807, 2.05) is 36.4 Å². The van der Waals surface area contributed by atoms with E-state index in [0.29, 0.717) is 29.8 Å². The van der Waals surface area contributed by atoms with Crippen LogP contribution in [-0.2, 0) is 22.7 Å². The predicted octanol–water partition coefficient (Wildman–Crippen LogP) is 3.64. The number of carbonyl (C=O) groups is 1. The highest BCUT2D eigenvalue weighted by Crippen LogP contribution is 2.30. The first-order valence-corrected chi connectivity index (χ1v) is 9.26. The molecule has 0 atom stereocenters. The number of anilines is 1. The number of benzene rings is 3. The third-order valence-corrected chi connectivity index (χ3v) is 4.68. The van der Waals surface area contributed by atoms with Gasteiger partial charge in [0.15, 0.2) is 5.84 Å². The van der Waals surface area contributed by atoms with Crippen LogP contribution < -0.4 is 11.1 Å². The molecule has 0 saturated carbocycles. The highest BCUT2D eigenvalue weighted by atomic mass is 16.6. The molecule has 0 unspecified atom stereocenters. The molecule has 0 fully saturated rings. The Hall–Kier alpha value is -4.40. The van der Waals surface area contributed by atoms with Crippen LogP contribution in [0.15, 0.2) is 71.9 Å². The molecular formula is C22H20N4O5. The van der Waals surface area contributed by atoms with Crippen LogP contribution in [0.1, 0.15) is 16.7 Å². The number of carbonyl (C=O) groups excluding carboxylic acids is 1. The van der Waals surface area contributed by atoms with Crippen molar-refractivity contribution in [3.8, 4) is 11.1 Å². The Morgan fingerprint density at radius 3 is 2.55 bits per heavy atom. The maximum absolute atomic E-state index is 11.4. The van der Waals surface area contributed by atoms with Crippen LogP contribution in [-0.4, -0.2) is 22.4 Å². The summed E-state index contributed by atoms with van der Waals surface area (Å²) in [5.74, 6) is 0.0165. The molecule has 0 bridgehead atoms. The summed E-state index contributed by atoms with van der Waals surface area (Å²) >= 11 is 0. The average molecular weight is 420 g/mol. The maximum atomic E-state index is 11.4. The average Bonchev–Trinajstić information content (AvgIpc) is 2.81. The minimum Gasteiger partial charge on any atom is -0.463 e.